The maximum atomic E-state index is 12.7. The van der Waals surface area contributed by atoms with Gasteiger partial charge in [-0.1, -0.05) is 42.8 Å². The second-order valence-corrected chi connectivity index (χ2v) is 8.58. The van der Waals surface area contributed by atoms with Crippen LogP contribution in [0.5, 0.6) is 5.75 Å². The summed E-state index contributed by atoms with van der Waals surface area (Å²) in [6, 6.07) is 13.9. The normalized spacial score (nSPS) is 12.3. The molecule has 7 heteroatoms. The summed E-state index contributed by atoms with van der Waals surface area (Å²) in [4.78, 5) is 12.7. The number of nitrogens with one attached hydrogen (secondary N) is 1. The van der Waals surface area contributed by atoms with Crippen LogP contribution in [-0.4, -0.2) is 39.8 Å². The number of anilines is 1. The first kappa shape index (κ1) is 21.8. The standard InChI is InChI=1S/C21H28N2O4S/c1-5-19(23(28(4,25)26)18-12-10-16(2)11-13-18)21(24)22-14-15-27-20-9-7-6-8-17(20)3/h6-13,19H,5,14-15H2,1-4H3,(H,22,24)/t19-/m0/s1. The van der Waals surface area contributed by atoms with Gasteiger partial charge in [0.2, 0.25) is 15.9 Å². The molecular formula is C21H28N2O4S. The fourth-order valence-corrected chi connectivity index (χ4v) is 4.14. The van der Waals surface area contributed by atoms with Gasteiger partial charge in [-0.2, -0.15) is 0 Å². The average molecular weight is 405 g/mol. The highest BCUT2D eigenvalue weighted by atomic mass is 32.2. The van der Waals surface area contributed by atoms with Crippen LogP contribution in [0.25, 0.3) is 0 Å². The lowest BCUT2D eigenvalue weighted by Gasteiger charge is -2.30. The first-order valence-corrected chi connectivity index (χ1v) is 11.1. The van der Waals surface area contributed by atoms with Gasteiger partial charge in [-0.25, -0.2) is 8.42 Å². The molecule has 0 saturated heterocycles. The Bertz CT molecular complexity index is 895. The molecule has 0 aromatic heterocycles. The van der Waals surface area contributed by atoms with Crippen LogP contribution >= 0.6 is 0 Å². The Morgan fingerprint density at radius 3 is 2.32 bits per heavy atom. The highest BCUT2D eigenvalue weighted by molar-refractivity contribution is 7.92. The van der Waals surface area contributed by atoms with Crippen molar-refractivity contribution in [2.75, 3.05) is 23.7 Å². The monoisotopic (exact) mass is 404 g/mol. The predicted molar refractivity (Wildman–Crippen MR) is 112 cm³/mol. The number of sulfonamides is 1. The van der Waals surface area contributed by atoms with E-state index < -0.39 is 16.1 Å². The first-order chi connectivity index (χ1) is 13.2. The number of hydrogen-bond donors (Lipinski definition) is 1. The number of nitrogens with zero attached hydrogens (tertiary/aromatic N) is 1. The number of carbonyl (C=O) groups is 1. The molecule has 0 aliphatic carbocycles. The number of carbonyl (C=O) groups excluding carboxylic acids is 1. The van der Waals surface area contributed by atoms with E-state index in [9.17, 15) is 13.2 Å². The molecule has 2 aromatic carbocycles. The quantitative estimate of drug-likeness (QED) is 0.652. The average Bonchev–Trinajstić information content (AvgIpc) is 2.64. The van der Waals surface area contributed by atoms with Crippen LogP contribution in [0.4, 0.5) is 5.69 Å². The first-order valence-electron chi connectivity index (χ1n) is 9.26. The van der Waals surface area contributed by atoms with E-state index in [0.29, 0.717) is 18.7 Å². The van der Waals surface area contributed by atoms with Crippen LogP contribution in [0.15, 0.2) is 48.5 Å². The number of para-hydroxylation sites is 1. The van der Waals surface area contributed by atoms with Crippen molar-refractivity contribution >= 4 is 21.6 Å². The van der Waals surface area contributed by atoms with E-state index in [2.05, 4.69) is 5.32 Å². The van der Waals surface area contributed by atoms with Gasteiger partial charge < -0.3 is 10.1 Å². The molecule has 0 aliphatic rings. The largest absolute Gasteiger partial charge is 0.491 e. The van der Waals surface area contributed by atoms with Crippen LogP contribution in [0.3, 0.4) is 0 Å². The summed E-state index contributed by atoms with van der Waals surface area (Å²) in [7, 11) is -3.63. The van der Waals surface area contributed by atoms with Gasteiger partial charge in [0.25, 0.3) is 0 Å². The van der Waals surface area contributed by atoms with Crippen molar-refractivity contribution in [1.29, 1.82) is 0 Å². The second-order valence-electron chi connectivity index (χ2n) is 6.72. The van der Waals surface area contributed by atoms with E-state index >= 15 is 0 Å². The van der Waals surface area contributed by atoms with Gasteiger partial charge in [-0.15, -0.1) is 0 Å². The Hall–Kier alpha value is -2.54. The van der Waals surface area contributed by atoms with Crippen molar-refractivity contribution in [1.82, 2.24) is 5.32 Å². The van der Waals surface area contributed by atoms with Crippen molar-refractivity contribution in [3.8, 4) is 5.75 Å². The molecule has 0 saturated carbocycles. The summed E-state index contributed by atoms with van der Waals surface area (Å²) < 4.78 is 31.7. The minimum absolute atomic E-state index is 0.287. The van der Waals surface area contributed by atoms with Gasteiger partial charge in [0, 0.05) is 0 Å². The van der Waals surface area contributed by atoms with Crippen LogP contribution in [0.2, 0.25) is 0 Å². The fourth-order valence-electron chi connectivity index (χ4n) is 2.92. The molecule has 0 radical (unpaired) electrons. The molecule has 0 heterocycles. The van der Waals surface area contributed by atoms with Crippen LogP contribution < -0.4 is 14.4 Å². The number of amides is 1. The Labute approximate surface area is 167 Å². The van der Waals surface area contributed by atoms with E-state index in [0.717, 1.165) is 23.1 Å². The molecule has 28 heavy (non-hydrogen) atoms. The van der Waals surface area contributed by atoms with Crippen molar-refractivity contribution in [2.45, 2.75) is 33.2 Å². The zero-order chi connectivity index (χ0) is 20.7. The zero-order valence-corrected chi connectivity index (χ0v) is 17.6. The third kappa shape index (κ3) is 5.73. The molecule has 0 aliphatic heterocycles. The van der Waals surface area contributed by atoms with E-state index in [1.54, 1.807) is 19.1 Å². The zero-order valence-electron chi connectivity index (χ0n) is 16.8. The molecule has 0 fully saturated rings. The Balaban J connectivity index is 2.05. The van der Waals surface area contributed by atoms with E-state index in [1.165, 1.54) is 4.31 Å². The summed E-state index contributed by atoms with van der Waals surface area (Å²) >= 11 is 0. The number of ether oxygens (including phenoxy) is 1. The van der Waals surface area contributed by atoms with Gasteiger partial charge in [0.15, 0.2) is 0 Å². The molecule has 1 N–H and O–H groups in total. The van der Waals surface area contributed by atoms with Crippen molar-refractivity contribution in [2.24, 2.45) is 0 Å². The molecular weight excluding hydrogens is 376 g/mol. The van der Waals surface area contributed by atoms with Crippen molar-refractivity contribution in [3.05, 3.63) is 59.7 Å². The second kappa shape index (κ2) is 9.59. The smallest absolute Gasteiger partial charge is 0.244 e. The molecule has 0 spiro atoms. The molecule has 6 nitrogen and oxygen atoms in total. The minimum Gasteiger partial charge on any atom is -0.491 e. The van der Waals surface area contributed by atoms with Crippen LogP contribution in [0, 0.1) is 13.8 Å². The van der Waals surface area contributed by atoms with Gasteiger partial charge in [0.05, 0.1) is 18.5 Å². The van der Waals surface area contributed by atoms with Crippen molar-refractivity contribution in [3.63, 3.8) is 0 Å². The van der Waals surface area contributed by atoms with Gasteiger partial charge >= 0.3 is 0 Å². The summed E-state index contributed by atoms with van der Waals surface area (Å²) in [6.07, 6.45) is 1.47. The molecule has 2 aromatic rings. The highest BCUT2D eigenvalue weighted by Gasteiger charge is 2.31. The molecule has 0 bridgehead atoms. The lowest BCUT2D eigenvalue weighted by Crippen LogP contribution is -2.50. The van der Waals surface area contributed by atoms with Gasteiger partial charge in [0.1, 0.15) is 18.4 Å². The predicted octanol–water partition coefficient (Wildman–Crippen LogP) is 3.04. The lowest BCUT2D eigenvalue weighted by atomic mass is 10.1. The van der Waals surface area contributed by atoms with E-state index in [1.807, 2.05) is 50.2 Å². The molecule has 1 atom stereocenters. The third-order valence-electron chi connectivity index (χ3n) is 4.37. The summed E-state index contributed by atoms with van der Waals surface area (Å²) in [5.41, 5.74) is 2.51. The summed E-state index contributed by atoms with van der Waals surface area (Å²) in [5.74, 6) is 0.420. The van der Waals surface area contributed by atoms with Crippen molar-refractivity contribution < 1.29 is 17.9 Å². The lowest BCUT2D eigenvalue weighted by molar-refractivity contribution is -0.122. The number of aryl methyl sites for hydroxylation is 2. The summed E-state index contributed by atoms with van der Waals surface area (Å²) in [6.45, 7) is 6.26. The molecule has 152 valence electrons. The number of benzene rings is 2. The highest BCUT2D eigenvalue weighted by Crippen LogP contribution is 2.23. The Morgan fingerprint density at radius 2 is 1.75 bits per heavy atom. The summed E-state index contributed by atoms with van der Waals surface area (Å²) in [5, 5.41) is 2.79. The topological polar surface area (TPSA) is 75.7 Å². The SMILES string of the molecule is CC[C@@H](C(=O)NCCOc1ccccc1C)N(c1ccc(C)cc1)S(C)(=O)=O. The molecule has 2 rings (SSSR count). The van der Waals surface area contributed by atoms with Gasteiger partial charge in [-0.05, 0) is 44.0 Å². The van der Waals surface area contributed by atoms with E-state index in [-0.39, 0.29) is 12.5 Å². The Morgan fingerprint density at radius 1 is 1.11 bits per heavy atom. The Kier molecular flexibility index (Phi) is 7.45. The third-order valence-corrected chi connectivity index (χ3v) is 5.55. The number of rotatable bonds is 9. The van der Waals surface area contributed by atoms with Crippen LogP contribution in [0.1, 0.15) is 24.5 Å². The van der Waals surface area contributed by atoms with Crippen LogP contribution in [-0.2, 0) is 14.8 Å². The van der Waals surface area contributed by atoms with Gasteiger partial charge in [-0.3, -0.25) is 9.10 Å². The van der Waals surface area contributed by atoms with E-state index in [4.69, 9.17) is 4.74 Å². The maximum absolute atomic E-state index is 12.7. The maximum Gasteiger partial charge on any atom is 0.244 e. The number of hydrogen-bond acceptors (Lipinski definition) is 4. The minimum atomic E-state index is -3.63. The fraction of sp³-hybridized carbons (Fsp3) is 0.381. The molecule has 0 unspecified atom stereocenters. The molecule has 1 amide bonds.